The highest BCUT2D eigenvalue weighted by atomic mass is 16.5. The van der Waals surface area contributed by atoms with E-state index in [4.69, 9.17) is 4.74 Å². The molecule has 0 aliphatic carbocycles. The smallest absolute Gasteiger partial charge is 0.340 e. The number of hydrogen-bond acceptors (Lipinski definition) is 4. The number of esters is 1. The van der Waals surface area contributed by atoms with Crippen molar-refractivity contribution in [2.75, 3.05) is 23.4 Å². The summed E-state index contributed by atoms with van der Waals surface area (Å²) < 4.78 is 5.00. The highest BCUT2D eigenvalue weighted by molar-refractivity contribution is 6.01. The van der Waals surface area contributed by atoms with Crippen LogP contribution in [0.15, 0.2) is 48.5 Å². The predicted molar refractivity (Wildman–Crippen MR) is 105 cm³/mol. The van der Waals surface area contributed by atoms with E-state index in [1.807, 2.05) is 31.2 Å². The Morgan fingerprint density at radius 1 is 1.04 bits per heavy atom. The van der Waals surface area contributed by atoms with Crippen LogP contribution in [0.2, 0.25) is 0 Å². The van der Waals surface area contributed by atoms with Crippen LogP contribution in [-0.4, -0.2) is 30.9 Å². The summed E-state index contributed by atoms with van der Waals surface area (Å²) in [6, 6.07) is 14.2. The molecule has 2 amide bonds. The van der Waals surface area contributed by atoms with Crippen LogP contribution in [0, 0.1) is 6.92 Å². The van der Waals surface area contributed by atoms with E-state index < -0.39 is 5.97 Å². The summed E-state index contributed by atoms with van der Waals surface area (Å²) in [5, 5.41) is 2.73. The molecule has 2 aromatic carbocycles. The molecule has 0 radical (unpaired) electrons. The largest absolute Gasteiger partial charge is 0.462 e. The van der Waals surface area contributed by atoms with Gasteiger partial charge < -0.3 is 15.0 Å². The molecule has 0 aliphatic rings. The summed E-state index contributed by atoms with van der Waals surface area (Å²) >= 11 is 0. The number of aryl methyl sites for hydroxylation is 1. The number of benzene rings is 2. The van der Waals surface area contributed by atoms with Gasteiger partial charge in [-0.1, -0.05) is 29.8 Å². The molecule has 0 aromatic heterocycles. The van der Waals surface area contributed by atoms with Gasteiger partial charge in [0.05, 0.1) is 17.9 Å². The van der Waals surface area contributed by atoms with Crippen LogP contribution in [0.3, 0.4) is 0 Å². The number of nitrogens with one attached hydrogen (secondary N) is 1. The van der Waals surface area contributed by atoms with Crippen molar-refractivity contribution >= 4 is 29.2 Å². The normalized spacial score (nSPS) is 10.2. The molecule has 142 valence electrons. The van der Waals surface area contributed by atoms with Crippen LogP contribution < -0.4 is 10.2 Å². The molecular formula is C21H24N2O4. The van der Waals surface area contributed by atoms with Gasteiger partial charge in [0.1, 0.15) is 0 Å². The molecule has 27 heavy (non-hydrogen) atoms. The van der Waals surface area contributed by atoms with Crippen molar-refractivity contribution in [3.05, 3.63) is 59.7 Å². The van der Waals surface area contributed by atoms with Crippen molar-refractivity contribution in [1.29, 1.82) is 0 Å². The lowest BCUT2D eigenvalue weighted by Crippen LogP contribution is -2.32. The van der Waals surface area contributed by atoms with Crippen molar-refractivity contribution in [1.82, 2.24) is 0 Å². The van der Waals surface area contributed by atoms with Gasteiger partial charge in [0.2, 0.25) is 11.8 Å². The quantitative estimate of drug-likeness (QED) is 0.758. The SMILES string of the molecule is CCOC(=O)c1ccccc1NC(=O)CCN(C(C)=O)c1ccc(C)cc1. The summed E-state index contributed by atoms with van der Waals surface area (Å²) in [5.41, 5.74) is 2.53. The van der Waals surface area contributed by atoms with Gasteiger partial charge in [-0.3, -0.25) is 9.59 Å². The van der Waals surface area contributed by atoms with Gasteiger partial charge in [-0.25, -0.2) is 4.79 Å². The lowest BCUT2D eigenvalue weighted by molar-refractivity contribution is -0.117. The van der Waals surface area contributed by atoms with Gasteiger partial charge >= 0.3 is 5.97 Å². The molecule has 2 rings (SSSR count). The van der Waals surface area contributed by atoms with Crippen molar-refractivity contribution < 1.29 is 19.1 Å². The molecule has 0 fully saturated rings. The maximum absolute atomic E-state index is 12.4. The number of hydrogen-bond donors (Lipinski definition) is 1. The lowest BCUT2D eigenvalue weighted by Gasteiger charge is -2.21. The molecule has 0 heterocycles. The first kappa shape index (κ1) is 20.2. The molecule has 2 aromatic rings. The number of carbonyl (C=O) groups is 3. The molecule has 0 spiro atoms. The zero-order valence-electron chi connectivity index (χ0n) is 15.8. The number of anilines is 2. The Morgan fingerprint density at radius 2 is 1.70 bits per heavy atom. The van der Waals surface area contributed by atoms with Gasteiger partial charge in [0.15, 0.2) is 0 Å². The summed E-state index contributed by atoms with van der Waals surface area (Å²) in [4.78, 5) is 37.8. The van der Waals surface area contributed by atoms with Crippen molar-refractivity contribution in [2.24, 2.45) is 0 Å². The molecule has 6 nitrogen and oxygen atoms in total. The summed E-state index contributed by atoms with van der Waals surface area (Å²) in [6.45, 7) is 5.65. The Hall–Kier alpha value is -3.15. The van der Waals surface area contributed by atoms with Crippen LogP contribution in [0.1, 0.15) is 36.2 Å². The van der Waals surface area contributed by atoms with Crippen molar-refractivity contribution in [3.63, 3.8) is 0 Å². The molecule has 1 N–H and O–H groups in total. The van der Waals surface area contributed by atoms with E-state index in [0.29, 0.717) is 11.3 Å². The number of amides is 2. The van der Waals surface area contributed by atoms with Crippen LogP contribution >= 0.6 is 0 Å². The van der Waals surface area contributed by atoms with Gasteiger partial charge in [-0.05, 0) is 38.1 Å². The zero-order valence-corrected chi connectivity index (χ0v) is 15.8. The summed E-state index contributed by atoms with van der Waals surface area (Å²) in [7, 11) is 0. The minimum Gasteiger partial charge on any atom is -0.462 e. The second kappa shape index (κ2) is 9.52. The number of para-hydroxylation sites is 1. The second-order valence-corrected chi connectivity index (χ2v) is 6.07. The van der Waals surface area contributed by atoms with E-state index in [1.165, 1.54) is 6.92 Å². The Kier molecular flexibility index (Phi) is 7.11. The fourth-order valence-electron chi connectivity index (χ4n) is 2.60. The molecular weight excluding hydrogens is 344 g/mol. The van der Waals surface area contributed by atoms with Crippen LogP contribution in [0.25, 0.3) is 0 Å². The van der Waals surface area contributed by atoms with Crippen LogP contribution in [-0.2, 0) is 14.3 Å². The maximum atomic E-state index is 12.4. The van der Waals surface area contributed by atoms with Gasteiger partial charge in [0, 0.05) is 25.6 Å². The zero-order chi connectivity index (χ0) is 19.8. The molecule has 0 atom stereocenters. The van der Waals surface area contributed by atoms with Crippen molar-refractivity contribution in [2.45, 2.75) is 27.2 Å². The van der Waals surface area contributed by atoms with Gasteiger partial charge in [0.25, 0.3) is 0 Å². The maximum Gasteiger partial charge on any atom is 0.340 e. The predicted octanol–water partition coefficient (Wildman–Crippen LogP) is 3.55. The number of ether oxygens (including phenoxy) is 1. The van der Waals surface area contributed by atoms with Crippen LogP contribution in [0.5, 0.6) is 0 Å². The minimum atomic E-state index is -0.488. The van der Waals surface area contributed by atoms with Gasteiger partial charge in [-0.15, -0.1) is 0 Å². The summed E-state index contributed by atoms with van der Waals surface area (Å²) in [6.07, 6.45) is 0.102. The first-order valence-corrected chi connectivity index (χ1v) is 8.83. The third kappa shape index (κ3) is 5.67. The third-order valence-electron chi connectivity index (χ3n) is 3.98. The molecule has 0 bridgehead atoms. The molecule has 0 saturated carbocycles. The average Bonchev–Trinajstić information content (AvgIpc) is 2.63. The van der Waals surface area contributed by atoms with E-state index in [9.17, 15) is 14.4 Å². The highest BCUT2D eigenvalue weighted by Crippen LogP contribution is 2.18. The second-order valence-electron chi connectivity index (χ2n) is 6.07. The first-order chi connectivity index (χ1) is 12.9. The fourth-order valence-corrected chi connectivity index (χ4v) is 2.60. The lowest BCUT2D eigenvalue weighted by atomic mass is 10.1. The number of carbonyl (C=O) groups excluding carboxylic acids is 3. The topological polar surface area (TPSA) is 75.7 Å². The van der Waals surface area contributed by atoms with E-state index in [1.54, 1.807) is 36.1 Å². The third-order valence-corrected chi connectivity index (χ3v) is 3.98. The minimum absolute atomic E-state index is 0.102. The molecule has 6 heteroatoms. The Labute approximate surface area is 159 Å². The Morgan fingerprint density at radius 3 is 2.33 bits per heavy atom. The van der Waals surface area contributed by atoms with Crippen molar-refractivity contribution in [3.8, 4) is 0 Å². The Bertz CT molecular complexity index is 815. The highest BCUT2D eigenvalue weighted by Gasteiger charge is 2.16. The van der Waals surface area contributed by atoms with E-state index in [2.05, 4.69) is 5.32 Å². The molecule has 0 unspecified atom stereocenters. The van der Waals surface area contributed by atoms with E-state index in [0.717, 1.165) is 11.3 Å². The summed E-state index contributed by atoms with van der Waals surface area (Å²) in [5.74, 6) is -0.915. The van der Waals surface area contributed by atoms with Gasteiger partial charge in [-0.2, -0.15) is 0 Å². The molecule has 0 saturated heterocycles. The standard InChI is InChI=1S/C21H24N2O4/c1-4-27-21(26)18-7-5-6-8-19(18)22-20(25)13-14-23(16(3)24)17-11-9-15(2)10-12-17/h5-12H,4,13-14H2,1-3H3,(H,22,25). The van der Waals surface area contributed by atoms with Crippen LogP contribution in [0.4, 0.5) is 11.4 Å². The first-order valence-electron chi connectivity index (χ1n) is 8.83. The number of rotatable bonds is 7. The van der Waals surface area contributed by atoms with E-state index >= 15 is 0 Å². The Balaban J connectivity index is 2.04. The fraction of sp³-hybridized carbons (Fsp3) is 0.286. The number of nitrogens with zero attached hydrogens (tertiary/aromatic N) is 1. The average molecular weight is 368 g/mol. The van der Waals surface area contributed by atoms with E-state index in [-0.39, 0.29) is 31.4 Å². The monoisotopic (exact) mass is 368 g/mol. The molecule has 0 aliphatic heterocycles.